The Balaban J connectivity index is 1.48. The molecule has 0 aliphatic heterocycles. The lowest BCUT2D eigenvalue weighted by atomic mass is 9.68. The summed E-state index contributed by atoms with van der Waals surface area (Å²) in [5, 5.41) is 2.84. The maximum Gasteiger partial charge on any atom is 0.407 e. The van der Waals surface area contributed by atoms with Crippen LogP contribution in [0.25, 0.3) is 0 Å². The van der Waals surface area contributed by atoms with Crippen LogP contribution in [0.2, 0.25) is 0 Å². The SMILES string of the molecule is COC(=O)N[C@]1(C)C[C@H](C(=O)N(C)[C@H]2C[C@@H](c3ccc(C(C)(C)C)cc3)C2)C1. The van der Waals surface area contributed by atoms with Crippen molar-refractivity contribution in [1.82, 2.24) is 10.2 Å². The van der Waals surface area contributed by atoms with Crippen LogP contribution in [0.3, 0.4) is 0 Å². The van der Waals surface area contributed by atoms with Crippen molar-refractivity contribution < 1.29 is 14.3 Å². The second kappa shape index (κ2) is 7.41. The molecule has 0 radical (unpaired) electrons. The number of carbonyl (C=O) groups excluding carboxylic acids is 2. The number of amides is 2. The third kappa shape index (κ3) is 4.18. The molecule has 2 saturated carbocycles. The summed E-state index contributed by atoms with van der Waals surface area (Å²) < 4.78 is 4.66. The van der Waals surface area contributed by atoms with Crippen LogP contribution in [0.5, 0.6) is 0 Å². The Morgan fingerprint density at radius 1 is 1.14 bits per heavy atom. The summed E-state index contributed by atoms with van der Waals surface area (Å²) in [5.41, 5.74) is 2.58. The Labute approximate surface area is 168 Å². The van der Waals surface area contributed by atoms with Gasteiger partial charge in [-0.3, -0.25) is 4.79 Å². The second-order valence-electron chi connectivity index (χ2n) is 9.93. The van der Waals surface area contributed by atoms with Gasteiger partial charge in [0.25, 0.3) is 0 Å². The standard InChI is InChI=1S/C23H34N2O3/c1-22(2,3)18-9-7-15(8-10-18)16-11-19(12-16)25(5)20(26)17-13-23(4,14-17)24-21(27)28-6/h7-10,16-17,19H,11-14H2,1-6H3,(H,24,27)/t16-,17-,19+,23+. The third-order valence-corrected chi connectivity index (χ3v) is 6.59. The van der Waals surface area contributed by atoms with Gasteiger partial charge in [-0.2, -0.15) is 0 Å². The molecule has 5 heteroatoms. The van der Waals surface area contributed by atoms with Crippen LogP contribution in [0.1, 0.15) is 70.4 Å². The average molecular weight is 387 g/mol. The van der Waals surface area contributed by atoms with E-state index >= 15 is 0 Å². The fraction of sp³-hybridized carbons (Fsp3) is 0.652. The minimum Gasteiger partial charge on any atom is -0.453 e. The van der Waals surface area contributed by atoms with Crippen LogP contribution in [-0.2, 0) is 14.9 Å². The van der Waals surface area contributed by atoms with E-state index in [9.17, 15) is 9.59 Å². The van der Waals surface area contributed by atoms with Gasteiger partial charge in [-0.25, -0.2) is 4.79 Å². The van der Waals surface area contributed by atoms with Crippen LogP contribution in [0.15, 0.2) is 24.3 Å². The molecule has 1 aromatic carbocycles. The number of alkyl carbamates (subject to hydrolysis) is 1. The number of methoxy groups -OCH3 is 1. The van der Waals surface area contributed by atoms with E-state index in [2.05, 4.69) is 55.1 Å². The first-order valence-corrected chi connectivity index (χ1v) is 10.3. The Kier molecular flexibility index (Phi) is 5.48. The first kappa shape index (κ1) is 20.7. The van der Waals surface area contributed by atoms with E-state index in [0.717, 1.165) is 12.8 Å². The van der Waals surface area contributed by atoms with Gasteiger partial charge in [-0.1, -0.05) is 45.0 Å². The van der Waals surface area contributed by atoms with Gasteiger partial charge in [0.2, 0.25) is 5.91 Å². The molecule has 2 aliphatic carbocycles. The summed E-state index contributed by atoms with van der Waals surface area (Å²) in [6.07, 6.45) is 2.98. The molecular weight excluding hydrogens is 352 g/mol. The van der Waals surface area contributed by atoms with Crippen LogP contribution in [-0.4, -0.2) is 42.6 Å². The quantitative estimate of drug-likeness (QED) is 0.843. The summed E-state index contributed by atoms with van der Waals surface area (Å²) in [4.78, 5) is 26.1. The molecule has 0 aromatic heterocycles. The molecule has 5 nitrogen and oxygen atoms in total. The molecule has 0 heterocycles. The first-order chi connectivity index (χ1) is 13.0. The van der Waals surface area contributed by atoms with E-state index in [4.69, 9.17) is 0 Å². The second-order valence-corrected chi connectivity index (χ2v) is 9.93. The van der Waals surface area contributed by atoms with E-state index in [-0.39, 0.29) is 22.8 Å². The van der Waals surface area contributed by atoms with Gasteiger partial charge in [-0.15, -0.1) is 0 Å². The van der Waals surface area contributed by atoms with Gasteiger partial charge in [-0.05, 0) is 55.1 Å². The number of rotatable bonds is 4. The van der Waals surface area contributed by atoms with Crippen molar-refractivity contribution in [3.63, 3.8) is 0 Å². The summed E-state index contributed by atoms with van der Waals surface area (Å²) >= 11 is 0. The molecule has 28 heavy (non-hydrogen) atoms. The molecule has 1 N–H and O–H groups in total. The molecule has 2 amide bonds. The molecule has 154 valence electrons. The monoisotopic (exact) mass is 386 g/mol. The molecular formula is C23H34N2O3. The van der Waals surface area contributed by atoms with E-state index in [1.54, 1.807) is 0 Å². The highest BCUT2D eigenvalue weighted by Gasteiger charge is 2.47. The van der Waals surface area contributed by atoms with E-state index in [1.165, 1.54) is 18.2 Å². The molecule has 1 aromatic rings. The van der Waals surface area contributed by atoms with Crippen molar-refractivity contribution in [3.8, 4) is 0 Å². The van der Waals surface area contributed by atoms with Crippen molar-refractivity contribution >= 4 is 12.0 Å². The minimum atomic E-state index is -0.430. The Morgan fingerprint density at radius 2 is 1.71 bits per heavy atom. The minimum absolute atomic E-state index is 0.00252. The maximum atomic E-state index is 12.8. The van der Waals surface area contributed by atoms with Crippen molar-refractivity contribution in [1.29, 1.82) is 0 Å². The zero-order valence-corrected chi connectivity index (χ0v) is 18.0. The summed E-state index contributed by atoms with van der Waals surface area (Å²) in [6, 6.07) is 9.29. The molecule has 0 unspecified atom stereocenters. The third-order valence-electron chi connectivity index (χ3n) is 6.59. The van der Waals surface area contributed by atoms with Gasteiger partial charge in [0, 0.05) is 24.5 Å². The number of nitrogens with one attached hydrogen (secondary N) is 1. The number of hydrogen-bond donors (Lipinski definition) is 1. The van der Waals surface area contributed by atoms with E-state index < -0.39 is 6.09 Å². The first-order valence-electron chi connectivity index (χ1n) is 10.3. The van der Waals surface area contributed by atoms with Gasteiger partial charge < -0.3 is 15.0 Å². The van der Waals surface area contributed by atoms with Crippen molar-refractivity contribution in [2.45, 2.75) is 76.3 Å². The van der Waals surface area contributed by atoms with Crippen LogP contribution in [0, 0.1) is 5.92 Å². The molecule has 2 fully saturated rings. The van der Waals surface area contributed by atoms with Gasteiger partial charge in [0.05, 0.1) is 7.11 Å². The lowest BCUT2D eigenvalue weighted by Crippen LogP contribution is -2.59. The highest BCUT2D eigenvalue weighted by atomic mass is 16.5. The van der Waals surface area contributed by atoms with Crippen molar-refractivity contribution in [2.24, 2.45) is 5.92 Å². The Bertz CT molecular complexity index is 723. The van der Waals surface area contributed by atoms with E-state index in [0.29, 0.717) is 24.8 Å². The molecule has 0 bridgehead atoms. The van der Waals surface area contributed by atoms with E-state index in [1.807, 2.05) is 18.9 Å². The summed E-state index contributed by atoms with van der Waals surface area (Å²) in [5.74, 6) is 0.745. The fourth-order valence-corrected chi connectivity index (χ4v) is 4.50. The summed E-state index contributed by atoms with van der Waals surface area (Å²) in [6.45, 7) is 8.66. The normalized spacial score (nSPS) is 29.3. The summed E-state index contributed by atoms with van der Waals surface area (Å²) in [7, 11) is 3.28. The molecule has 2 aliphatic rings. The Hall–Kier alpha value is -2.04. The molecule has 3 rings (SSSR count). The topological polar surface area (TPSA) is 58.6 Å². The molecule has 0 atom stereocenters. The number of benzene rings is 1. The van der Waals surface area contributed by atoms with Crippen LogP contribution in [0.4, 0.5) is 4.79 Å². The number of ether oxygens (including phenoxy) is 1. The number of nitrogens with zero attached hydrogens (tertiary/aromatic N) is 1. The molecule has 0 spiro atoms. The predicted octanol–water partition coefficient (Wildman–Crippen LogP) is 4.21. The zero-order chi connectivity index (χ0) is 20.7. The van der Waals surface area contributed by atoms with Gasteiger partial charge >= 0.3 is 6.09 Å². The van der Waals surface area contributed by atoms with Crippen LogP contribution < -0.4 is 5.32 Å². The number of hydrogen-bond acceptors (Lipinski definition) is 3. The predicted molar refractivity (Wildman–Crippen MR) is 110 cm³/mol. The number of carbonyl (C=O) groups is 2. The van der Waals surface area contributed by atoms with Crippen molar-refractivity contribution in [3.05, 3.63) is 35.4 Å². The highest BCUT2D eigenvalue weighted by Crippen LogP contribution is 2.43. The smallest absolute Gasteiger partial charge is 0.407 e. The lowest BCUT2D eigenvalue weighted by Gasteiger charge is -2.48. The molecule has 0 saturated heterocycles. The zero-order valence-electron chi connectivity index (χ0n) is 18.0. The highest BCUT2D eigenvalue weighted by molar-refractivity contribution is 5.81. The lowest BCUT2D eigenvalue weighted by molar-refractivity contribution is -0.143. The van der Waals surface area contributed by atoms with Gasteiger partial charge in [0.15, 0.2) is 0 Å². The van der Waals surface area contributed by atoms with Crippen LogP contribution >= 0.6 is 0 Å². The maximum absolute atomic E-state index is 12.8. The van der Waals surface area contributed by atoms with Crippen molar-refractivity contribution in [2.75, 3.05) is 14.2 Å². The average Bonchev–Trinajstić information content (AvgIpc) is 2.57. The largest absolute Gasteiger partial charge is 0.453 e. The Morgan fingerprint density at radius 3 is 2.21 bits per heavy atom. The fourth-order valence-electron chi connectivity index (χ4n) is 4.50. The van der Waals surface area contributed by atoms with Gasteiger partial charge in [0.1, 0.15) is 0 Å².